The van der Waals surface area contributed by atoms with Crippen LogP contribution < -0.4 is 11.5 Å². The molecular formula is C6H9N5. The third-order valence-corrected chi connectivity index (χ3v) is 1.39. The van der Waals surface area contributed by atoms with E-state index in [1.165, 1.54) is 0 Å². The molecule has 11 heavy (non-hydrogen) atoms. The van der Waals surface area contributed by atoms with Crippen molar-refractivity contribution in [3.63, 3.8) is 0 Å². The zero-order valence-electron chi connectivity index (χ0n) is 6.13. The topological polar surface area (TPSA) is 105 Å². The summed E-state index contributed by atoms with van der Waals surface area (Å²) in [5, 5.41) is 14.9. The summed E-state index contributed by atoms with van der Waals surface area (Å²) in [5.41, 5.74) is 11.8. The van der Waals surface area contributed by atoms with Gasteiger partial charge in [0.2, 0.25) is 0 Å². The molecule has 1 atom stereocenters. The van der Waals surface area contributed by atoms with Crippen LogP contribution in [-0.2, 0) is 0 Å². The van der Waals surface area contributed by atoms with Crippen molar-refractivity contribution < 1.29 is 0 Å². The Morgan fingerprint density at radius 3 is 2.73 bits per heavy atom. The summed E-state index contributed by atoms with van der Waals surface area (Å²) in [6.45, 7) is 1.76. The molecule has 0 amide bonds. The van der Waals surface area contributed by atoms with Crippen molar-refractivity contribution in [1.29, 1.82) is 5.26 Å². The van der Waals surface area contributed by atoms with E-state index in [2.05, 4.69) is 10.2 Å². The zero-order chi connectivity index (χ0) is 8.43. The Bertz CT molecular complexity index is 292. The molecule has 0 fully saturated rings. The number of hydrogen-bond acceptors (Lipinski definition) is 4. The quantitative estimate of drug-likeness (QED) is 0.520. The van der Waals surface area contributed by atoms with Crippen molar-refractivity contribution in [2.24, 2.45) is 5.73 Å². The fraction of sp³-hybridized carbons (Fsp3) is 0.333. The van der Waals surface area contributed by atoms with Crippen LogP contribution >= 0.6 is 0 Å². The normalized spacial score (nSPS) is 12.5. The SMILES string of the molecule is CC(N)c1[nH]nc(N)c1C#N. The van der Waals surface area contributed by atoms with Gasteiger partial charge in [-0.05, 0) is 6.92 Å². The highest BCUT2D eigenvalue weighted by molar-refractivity contribution is 5.51. The van der Waals surface area contributed by atoms with Crippen LogP contribution in [0.4, 0.5) is 5.82 Å². The standard InChI is InChI=1S/C6H9N5/c1-3(8)5-4(2-7)6(9)11-10-5/h3H,8H2,1H3,(H3,9,10,11). The molecule has 5 nitrogen and oxygen atoms in total. The second kappa shape index (κ2) is 2.60. The molecule has 1 unspecified atom stereocenters. The van der Waals surface area contributed by atoms with E-state index in [4.69, 9.17) is 16.7 Å². The summed E-state index contributed by atoms with van der Waals surface area (Å²) in [7, 11) is 0. The largest absolute Gasteiger partial charge is 0.381 e. The van der Waals surface area contributed by atoms with Gasteiger partial charge in [0, 0.05) is 6.04 Å². The second-order valence-corrected chi connectivity index (χ2v) is 2.30. The van der Waals surface area contributed by atoms with Gasteiger partial charge in [0.15, 0.2) is 5.82 Å². The van der Waals surface area contributed by atoms with Gasteiger partial charge in [-0.15, -0.1) is 0 Å². The van der Waals surface area contributed by atoms with E-state index in [1.54, 1.807) is 6.92 Å². The average Bonchev–Trinajstić information content (AvgIpc) is 2.30. The van der Waals surface area contributed by atoms with Gasteiger partial charge in [0.25, 0.3) is 0 Å². The van der Waals surface area contributed by atoms with Crippen LogP contribution in [0.25, 0.3) is 0 Å². The Kier molecular flexibility index (Phi) is 1.79. The first-order valence-electron chi connectivity index (χ1n) is 3.16. The van der Waals surface area contributed by atoms with Crippen molar-refractivity contribution in [3.8, 4) is 6.07 Å². The maximum absolute atomic E-state index is 8.59. The Labute approximate surface area is 64.0 Å². The zero-order valence-corrected chi connectivity index (χ0v) is 6.13. The Balaban J connectivity index is 3.19. The van der Waals surface area contributed by atoms with Crippen molar-refractivity contribution in [1.82, 2.24) is 10.2 Å². The van der Waals surface area contributed by atoms with Crippen LogP contribution in [0.5, 0.6) is 0 Å². The van der Waals surface area contributed by atoms with Crippen LogP contribution in [-0.4, -0.2) is 10.2 Å². The van der Waals surface area contributed by atoms with Crippen molar-refractivity contribution in [2.75, 3.05) is 5.73 Å². The lowest BCUT2D eigenvalue weighted by atomic mass is 10.1. The predicted molar refractivity (Wildman–Crippen MR) is 40.3 cm³/mol. The highest BCUT2D eigenvalue weighted by Gasteiger charge is 2.12. The van der Waals surface area contributed by atoms with Gasteiger partial charge in [-0.2, -0.15) is 10.4 Å². The molecule has 5 N–H and O–H groups in total. The van der Waals surface area contributed by atoms with Crippen LogP contribution in [0.3, 0.4) is 0 Å². The summed E-state index contributed by atoms with van der Waals surface area (Å²) in [4.78, 5) is 0. The highest BCUT2D eigenvalue weighted by atomic mass is 15.2. The molecule has 0 spiro atoms. The van der Waals surface area contributed by atoms with Gasteiger partial charge in [-0.25, -0.2) is 0 Å². The number of aromatic amines is 1. The minimum Gasteiger partial charge on any atom is -0.381 e. The molecule has 1 rings (SSSR count). The third-order valence-electron chi connectivity index (χ3n) is 1.39. The third kappa shape index (κ3) is 1.16. The van der Waals surface area contributed by atoms with Gasteiger partial charge in [0.1, 0.15) is 11.6 Å². The van der Waals surface area contributed by atoms with E-state index in [-0.39, 0.29) is 11.9 Å². The molecule has 0 saturated carbocycles. The molecule has 0 aliphatic carbocycles. The van der Waals surface area contributed by atoms with E-state index >= 15 is 0 Å². The molecule has 1 heterocycles. The highest BCUT2D eigenvalue weighted by Crippen LogP contribution is 2.16. The molecular weight excluding hydrogens is 142 g/mol. The van der Waals surface area contributed by atoms with Crippen molar-refractivity contribution >= 4 is 5.82 Å². The molecule has 0 radical (unpaired) electrons. The molecule has 0 aliphatic rings. The number of H-pyrrole nitrogens is 1. The predicted octanol–water partition coefficient (Wildman–Crippen LogP) is -0.117. The molecule has 5 heteroatoms. The fourth-order valence-corrected chi connectivity index (χ4v) is 0.817. The van der Waals surface area contributed by atoms with Crippen LogP contribution in [0.15, 0.2) is 0 Å². The Morgan fingerprint density at radius 2 is 2.36 bits per heavy atom. The maximum Gasteiger partial charge on any atom is 0.163 e. The second-order valence-electron chi connectivity index (χ2n) is 2.30. The van der Waals surface area contributed by atoms with E-state index in [0.717, 1.165) is 0 Å². The number of hydrogen-bond donors (Lipinski definition) is 3. The number of rotatable bonds is 1. The molecule has 1 aromatic heterocycles. The summed E-state index contributed by atoms with van der Waals surface area (Å²) in [5.74, 6) is 0.208. The van der Waals surface area contributed by atoms with E-state index in [0.29, 0.717) is 11.3 Å². The van der Waals surface area contributed by atoms with Gasteiger partial charge in [-0.3, -0.25) is 5.10 Å². The van der Waals surface area contributed by atoms with Crippen LogP contribution in [0.2, 0.25) is 0 Å². The molecule has 0 saturated heterocycles. The number of anilines is 1. The van der Waals surface area contributed by atoms with E-state index in [1.807, 2.05) is 6.07 Å². The monoisotopic (exact) mass is 151 g/mol. The number of aromatic nitrogens is 2. The lowest BCUT2D eigenvalue weighted by molar-refractivity contribution is 0.770. The van der Waals surface area contributed by atoms with Gasteiger partial charge >= 0.3 is 0 Å². The Morgan fingerprint density at radius 1 is 1.73 bits per heavy atom. The number of nitriles is 1. The molecule has 58 valence electrons. The van der Waals surface area contributed by atoms with E-state index in [9.17, 15) is 0 Å². The summed E-state index contributed by atoms with van der Waals surface area (Å²) in [6, 6.07) is 1.69. The first-order valence-corrected chi connectivity index (χ1v) is 3.16. The minimum atomic E-state index is -0.241. The van der Waals surface area contributed by atoms with Gasteiger partial charge < -0.3 is 11.5 Å². The number of nitrogens with zero attached hydrogens (tertiary/aromatic N) is 2. The molecule has 0 aliphatic heterocycles. The number of nitrogens with two attached hydrogens (primary N) is 2. The fourth-order valence-electron chi connectivity index (χ4n) is 0.817. The summed E-state index contributed by atoms with van der Waals surface area (Å²) >= 11 is 0. The van der Waals surface area contributed by atoms with Crippen LogP contribution in [0, 0.1) is 11.3 Å². The number of nitrogens with one attached hydrogen (secondary N) is 1. The maximum atomic E-state index is 8.59. The first kappa shape index (κ1) is 7.57. The lowest BCUT2D eigenvalue weighted by Gasteiger charge is -1.99. The minimum absolute atomic E-state index is 0.208. The van der Waals surface area contributed by atoms with Crippen molar-refractivity contribution in [3.05, 3.63) is 11.3 Å². The van der Waals surface area contributed by atoms with Crippen molar-refractivity contribution in [2.45, 2.75) is 13.0 Å². The average molecular weight is 151 g/mol. The first-order chi connectivity index (χ1) is 5.16. The molecule has 0 aromatic carbocycles. The molecule has 1 aromatic rings. The van der Waals surface area contributed by atoms with Gasteiger partial charge in [0.05, 0.1) is 5.69 Å². The van der Waals surface area contributed by atoms with Crippen LogP contribution in [0.1, 0.15) is 24.2 Å². The van der Waals surface area contributed by atoms with E-state index < -0.39 is 0 Å². The number of nitrogen functional groups attached to an aromatic ring is 1. The summed E-state index contributed by atoms with van der Waals surface area (Å²) < 4.78 is 0. The van der Waals surface area contributed by atoms with Gasteiger partial charge in [-0.1, -0.05) is 0 Å². The smallest absolute Gasteiger partial charge is 0.163 e. The molecule has 0 bridgehead atoms. The summed E-state index contributed by atoms with van der Waals surface area (Å²) in [6.07, 6.45) is 0. The lowest BCUT2D eigenvalue weighted by Crippen LogP contribution is -2.07. The Hall–Kier alpha value is -1.54.